The molecule has 6 nitrogen and oxygen atoms in total. The molecule has 0 spiro atoms. The van der Waals surface area contributed by atoms with Crippen LogP contribution in [0.2, 0.25) is 0 Å². The third-order valence-electron chi connectivity index (χ3n) is 4.36. The molecular formula is C21H34N6. The SMILES string of the molecule is CCNC(=NCc1ccc(-n2nc(C)cc2C)nc1)NC(C)CCC(C)C. The topological polar surface area (TPSA) is 67.1 Å². The molecule has 0 fully saturated rings. The van der Waals surface area contributed by atoms with E-state index in [0.717, 1.165) is 47.6 Å². The van der Waals surface area contributed by atoms with Gasteiger partial charge in [-0.2, -0.15) is 5.10 Å². The molecule has 0 aliphatic carbocycles. The van der Waals surface area contributed by atoms with Crippen molar-refractivity contribution in [2.45, 2.75) is 67.0 Å². The Morgan fingerprint density at radius 2 is 1.96 bits per heavy atom. The first kappa shape index (κ1) is 20.9. The normalized spacial score (nSPS) is 13.1. The monoisotopic (exact) mass is 370 g/mol. The third kappa shape index (κ3) is 6.70. The number of guanidine groups is 1. The summed E-state index contributed by atoms with van der Waals surface area (Å²) >= 11 is 0. The fourth-order valence-corrected chi connectivity index (χ4v) is 2.88. The maximum Gasteiger partial charge on any atom is 0.191 e. The number of nitrogens with zero attached hydrogens (tertiary/aromatic N) is 4. The number of rotatable bonds is 8. The zero-order valence-corrected chi connectivity index (χ0v) is 17.6. The van der Waals surface area contributed by atoms with Crippen LogP contribution in [0.3, 0.4) is 0 Å². The molecule has 148 valence electrons. The van der Waals surface area contributed by atoms with Crippen molar-refractivity contribution in [3.8, 4) is 5.82 Å². The summed E-state index contributed by atoms with van der Waals surface area (Å²) in [4.78, 5) is 9.25. The fourth-order valence-electron chi connectivity index (χ4n) is 2.88. The average Bonchev–Trinajstić information content (AvgIpc) is 2.97. The Balaban J connectivity index is 1.99. The lowest BCUT2D eigenvalue weighted by Crippen LogP contribution is -2.42. The maximum atomic E-state index is 4.71. The summed E-state index contributed by atoms with van der Waals surface area (Å²) in [7, 11) is 0. The Morgan fingerprint density at radius 3 is 2.52 bits per heavy atom. The summed E-state index contributed by atoms with van der Waals surface area (Å²) in [5, 5.41) is 11.3. The van der Waals surface area contributed by atoms with Gasteiger partial charge in [0.2, 0.25) is 0 Å². The van der Waals surface area contributed by atoms with Crippen molar-refractivity contribution in [1.82, 2.24) is 25.4 Å². The van der Waals surface area contributed by atoms with E-state index >= 15 is 0 Å². The lowest BCUT2D eigenvalue weighted by atomic mass is 10.0. The highest BCUT2D eigenvalue weighted by Gasteiger charge is 2.07. The van der Waals surface area contributed by atoms with Crippen LogP contribution in [0.5, 0.6) is 0 Å². The van der Waals surface area contributed by atoms with Crippen LogP contribution in [0, 0.1) is 19.8 Å². The maximum absolute atomic E-state index is 4.71. The number of aryl methyl sites for hydroxylation is 2. The molecular weight excluding hydrogens is 336 g/mol. The number of nitrogens with one attached hydrogen (secondary N) is 2. The number of aliphatic imine (C=N–C) groups is 1. The predicted molar refractivity (Wildman–Crippen MR) is 112 cm³/mol. The van der Waals surface area contributed by atoms with E-state index in [9.17, 15) is 0 Å². The van der Waals surface area contributed by atoms with E-state index in [-0.39, 0.29) is 0 Å². The second-order valence-corrected chi connectivity index (χ2v) is 7.58. The summed E-state index contributed by atoms with van der Waals surface area (Å²) in [6, 6.07) is 6.51. The molecule has 0 amide bonds. The van der Waals surface area contributed by atoms with Gasteiger partial charge in [0, 0.05) is 24.5 Å². The second-order valence-electron chi connectivity index (χ2n) is 7.58. The lowest BCUT2D eigenvalue weighted by molar-refractivity contribution is 0.489. The molecule has 1 unspecified atom stereocenters. The molecule has 2 aromatic heterocycles. The Bertz CT molecular complexity index is 730. The number of pyridine rings is 1. The first-order valence-corrected chi connectivity index (χ1v) is 9.92. The highest BCUT2D eigenvalue weighted by atomic mass is 15.3. The van der Waals surface area contributed by atoms with Gasteiger partial charge in [0.1, 0.15) is 0 Å². The molecule has 2 N–H and O–H groups in total. The summed E-state index contributed by atoms with van der Waals surface area (Å²) in [5.74, 6) is 2.41. The molecule has 0 aromatic carbocycles. The highest BCUT2D eigenvalue weighted by molar-refractivity contribution is 5.80. The minimum absolute atomic E-state index is 0.400. The van der Waals surface area contributed by atoms with E-state index in [4.69, 9.17) is 4.99 Å². The molecule has 2 rings (SSSR count). The zero-order valence-electron chi connectivity index (χ0n) is 17.6. The molecule has 0 aliphatic rings. The summed E-state index contributed by atoms with van der Waals surface area (Å²) < 4.78 is 1.87. The largest absolute Gasteiger partial charge is 0.357 e. The van der Waals surface area contributed by atoms with Crippen LogP contribution in [0.15, 0.2) is 29.4 Å². The van der Waals surface area contributed by atoms with Gasteiger partial charge in [-0.1, -0.05) is 19.9 Å². The third-order valence-corrected chi connectivity index (χ3v) is 4.36. The van der Waals surface area contributed by atoms with Crippen LogP contribution in [-0.4, -0.2) is 33.3 Å². The minimum atomic E-state index is 0.400. The van der Waals surface area contributed by atoms with Crippen LogP contribution in [0.1, 0.15) is 57.5 Å². The van der Waals surface area contributed by atoms with Crippen molar-refractivity contribution in [2.75, 3.05) is 6.54 Å². The molecule has 1 atom stereocenters. The van der Waals surface area contributed by atoms with Gasteiger partial charge < -0.3 is 10.6 Å². The number of hydrogen-bond donors (Lipinski definition) is 2. The average molecular weight is 371 g/mol. The molecule has 0 bridgehead atoms. The van der Waals surface area contributed by atoms with Gasteiger partial charge in [0.05, 0.1) is 12.2 Å². The highest BCUT2D eigenvalue weighted by Crippen LogP contribution is 2.11. The van der Waals surface area contributed by atoms with E-state index < -0.39 is 0 Å². The molecule has 27 heavy (non-hydrogen) atoms. The molecule has 0 aliphatic heterocycles. The summed E-state index contributed by atoms with van der Waals surface area (Å²) in [6.45, 7) is 14.3. The standard InChI is InChI=1S/C21H34N6/c1-7-22-21(25-16(4)9-8-15(2)3)24-14-19-10-11-20(23-13-19)27-18(6)12-17(5)26-27/h10-13,15-16H,7-9,14H2,1-6H3,(H2,22,24,25). The van der Waals surface area contributed by atoms with Gasteiger partial charge in [-0.3, -0.25) is 0 Å². The molecule has 6 heteroatoms. The quantitative estimate of drug-likeness (QED) is 0.548. The fraction of sp³-hybridized carbons (Fsp3) is 0.571. The van der Waals surface area contributed by atoms with Gasteiger partial charge in [-0.15, -0.1) is 0 Å². The summed E-state index contributed by atoms with van der Waals surface area (Å²) in [6.07, 6.45) is 4.23. The summed E-state index contributed by atoms with van der Waals surface area (Å²) in [5.41, 5.74) is 3.16. The van der Waals surface area contributed by atoms with Gasteiger partial charge in [-0.05, 0) is 64.2 Å². The van der Waals surface area contributed by atoms with Crippen LogP contribution in [0.4, 0.5) is 0 Å². The predicted octanol–water partition coefficient (Wildman–Crippen LogP) is 3.76. The number of aromatic nitrogens is 3. The molecule has 0 radical (unpaired) electrons. The van der Waals surface area contributed by atoms with Crippen LogP contribution < -0.4 is 10.6 Å². The second kappa shape index (κ2) is 10.1. The minimum Gasteiger partial charge on any atom is -0.357 e. The first-order chi connectivity index (χ1) is 12.9. The van der Waals surface area contributed by atoms with E-state index in [0.29, 0.717) is 12.6 Å². The van der Waals surface area contributed by atoms with Crippen molar-refractivity contribution in [1.29, 1.82) is 0 Å². The smallest absolute Gasteiger partial charge is 0.191 e. The first-order valence-electron chi connectivity index (χ1n) is 9.92. The van der Waals surface area contributed by atoms with Gasteiger partial charge in [-0.25, -0.2) is 14.7 Å². The van der Waals surface area contributed by atoms with Crippen molar-refractivity contribution in [2.24, 2.45) is 10.9 Å². The van der Waals surface area contributed by atoms with E-state index in [2.05, 4.69) is 60.5 Å². The Kier molecular flexibility index (Phi) is 7.82. The van der Waals surface area contributed by atoms with E-state index in [1.165, 1.54) is 6.42 Å². The Hall–Kier alpha value is -2.37. The van der Waals surface area contributed by atoms with Crippen LogP contribution in [-0.2, 0) is 6.54 Å². The van der Waals surface area contributed by atoms with Crippen LogP contribution >= 0.6 is 0 Å². The molecule has 0 saturated carbocycles. The molecule has 0 saturated heterocycles. The van der Waals surface area contributed by atoms with Crippen LogP contribution in [0.25, 0.3) is 5.82 Å². The van der Waals surface area contributed by atoms with Gasteiger partial charge >= 0.3 is 0 Å². The van der Waals surface area contributed by atoms with Crippen molar-refractivity contribution >= 4 is 5.96 Å². The van der Waals surface area contributed by atoms with Crippen molar-refractivity contribution in [3.05, 3.63) is 41.3 Å². The Morgan fingerprint density at radius 1 is 1.19 bits per heavy atom. The van der Waals surface area contributed by atoms with E-state index in [1.54, 1.807) is 0 Å². The molecule has 2 heterocycles. The number of hydrogen-bond acceptors (Lipinski definition) is 3. The van der Waals surface area contributed by atoms with Gasteiger partial charge in [0.15, 0.2) is 11.8 Å². The van der Waals surface area contributed by atoms with Crippen molar-refractivity contribution < 1.29 is 0 Å². The van der Waals surface area contributed by atoms with Crippen molar-refractivity contribution in [3.63, 3.8) is 0 Å². The lowest BCUT2D eigenvalue weighted by Gasteiger charge is -2.18. The van der Waals surface area contributed by atoms with E-state index in [1.807, 2.05) is 30.8 Å². The molecule has 2 aromatic rings. The Labute approximate surface area is 163 Å². The van der Waals surface area contributed by atoms with Gasteiger partial charge in [0.25, 0.3) is 0 Å². The zero-order chi connectivity index (χ0) is 19.8.